The number of hydrogen-bond donors (Lipinski definition) is 1. The monoisotopic (exact) mass is 172 g/mol. The van der Waals surface area contributed by atoms with E-state index < -0.39 is 0 Å². The van der Waals surface area contributed by atoms with Crippen LogP contribution in [-0.2, 0) is 9.53 Å². The highest BCUT2D eigenvalue weighted by atomic mass is 16.5. The zero-order valence-electron chi connectivity index (χ0n) is 7.62. The summed E-state index contributed by atoms with van der Waals surface area (Å²) >= 11 is 0. The van der Waals surface area contributed by atoms with Crippen molar-refractivity contribution in [3.05, 3.63) is 0 Å². The van der Waals surface area contributed by atoms with Gasteiger partial charge < -0.3 is 9.84 Å². The van der Waals surface area contributed by atoms with Gasteiger partial charge in [-0.25, -0.2) is 0 Å². The zero-order chi connectivity index (χ0) is 9.14. The molecule has 1 fully saturated rings. The van der Waals surface area contributed by atoms with E-state index in [1.807, 2.05) is 6.92 Å². The molecular weight excluding hydrogens is 156 g/mol. The maximum Gasteiger partial charge on any atom is 0.302 e. The molecule has 3 heteroatoms. The minimum Gasteiger partial charge on any atom is -0.462 e. The molecule has 12 heavy (non-hydrogen) atoms. The summed E-state index contributed by atoms with van der Waals surface area (Å²) in [5, 5.41) is 9.47. The first-order valence-electron chi connectivity index (χ1n) is 4.45. The molecule has 0 saturated heterocycles. The van der Waals surface area contributed by atoms with E-state index in [0.29, 0.717) is 12.3 Å². The van der Waals surface area contributed by atoms with Crippen molar-refractivity contribution in [3.63, 3.8) is 0 Å². The van der Waals surface area contributed by atoms with E-state index in [2.05, 4.69) is 0 Å². The lowest BCUT2D eigenvalue weighted by atomic mass is 9.86. The third-order valence-corrected chi connectivity index (χ3v) is 2.44. The Morgan fingerprint density at radius 1 is 1.50 bits per heavy atom. The minimum absolute atomic E-state index is 0.0614. The lowest BCUT2D eigenvalue weighted by molar-refractivity contribution is -0.150. The summed E-state index contributed by atoms with van der Waals surface area (Å²) in [4.78, 5) is 10.6. The number of ether oxygens (including phenoxy) is 1. The highest BCUT2D eigenvalue weighted by Gasteiger charge is 2.27. The van der Waals surface area contributed by atoms with E-state index in [9.17, 15) is 9.90 Å². The second-order valence-electron chi connectivity index (χ2n) is 3.59. The standard InChI is InChI=1S/C9H16O3/c1-6-3-4-8(5-9(6)11)12-7(2)10/h6,8-9,11H,3-5H2,1-2H3/t6?,8-,9?/m0/s1. The van der Waals surface area contributed by atoms with E-state index >= 15 is 0 Å². The van der Waals surface area contributed by atoms with Crippen molar-refractivity contribution in [2.45, 2.75) is 45.3 Å². The third kappa shape index (κ3) is 2.48. The number of rotatable bonds is 1. The normalized spacial score (nSPS) is 36.1. The van der Waals surface area contributed by atoms with E-state index in [1.165, 1.54) is 6.92 Å². The fraction of sp³-hybridized carbons (Fsp3) is 0.889. The molecule has 0 aromatic carbocycles. The predicted molar refractivity (Wildman–Crippen MR) is 44.6 cm³/mol. The molecule has 0 heterocycles. The van der Waals surface area contributed by atoms with Crippen molar-refractivity contribution in [2.75, 3.05) is 0 Å². The smallest absolute Gasteiger partial charge is 0.302 e. The summed E-state index contributed by atoms with van der Waals surface area (Å²) in [6, 6.07) is 0. The fourth-order valence-electron chi connectivity index (χ4n) is 1.60. The maximum atomic E-state index is 10.6. The van der Waals surface area contributed by atoms with Gasteiger partial charge in [-0.15, -0.1) is 0 Å². The van der Waals surface area contributed by atoms with Crippen molar-refractivity contribution < 1.29 is 14.6 Å². The number of hydrogen-bond acceptors (Lipinski definition) is 3. The molecule has 0 radical (unpaired) electrons. The summed E-state index contributed by atoms with van der Waals surface area (Å²) in [5.41, 5.74) is 0. The summed E-state index contributed by atoms with van der Waals surface area (Å²) in [6.07, 6.45) is 2.06. The third-order valence-electron chi connectivity index (χ3n) is 2.44. The summed E-state index contributed by atoms with van der Waals surface area (Å²) < 4.78 is 5.01. The molecule has 1 aliphatic carbocycles. The van der Waals surface area contributed by atoms with Gasteiger partial charge >= 0.3 is 5.97 Å². The largest absolute Gasteiger partial charge is 0.462 e. The van der Waals surface area contributed by atoms with E-state index in [-0.39, 0.29) is 18.2 Å². The quantitative estimate of drug-likeness (QED) is 0.602. The number of aliphatic hydroxyl groups is 1. The second kappa shape index (κ2) is 3.90. The predicted octanol–water partition coefficient (Wildman–Crippen LogP) is 1.10. The van der Waals surface area contributed by atoms with Gasteiger partial charge in [-0.05, 0) is 18.8 Å². The summed E-state index contributed by atoms with van der Waals surface area (Å²) in [6.45, 7) is 3.43. The lowest BCUT2D eigenvalue weighted by Gasteiger charge is -2.30. The van der Waals surface area contributed by atoms with Crippen LogP contribution in [0, 0.1) is 5.92 Å². The maximum absolute atomic E-state index is 10.6. The molecule has 1 N–H and O–H groups in total. The van der Waals surface area contributed by atoms with Crippen LogP contribution in [0.1, 0.15) is 33.1 Å². The van der Waals surface area contributed by atoms with Crippen LogP contribution in [0.5, 0.6) is 0 Å². The number of aliphatic hydroxyl groups excluding tert-OH is 1. The molecule has 1 rings (SSSR count). The van der Waals surface area contributed by atoms with Gasteiger partial charge in [0.05, 0.1) is 6.10 Å². The highest BCUT2D eigenvalue weighted by Crippen LogP contribution is 2.26. The highest BCUT2D eigenvalue weighted by molar-refractivity contribution is 5.66. The number of carbonyl (C=O) groups is 1. The lowest BCUT2D eigenvalue weighted by Crippen LogP contribution is -2.32. The van der Waals surface area contributed by atoms with Gasteiger partial charge in [-0.1, -0.05) is 6.92 Å². The van der Waals surface area contributed by atoms with Gasteiger partial charge in [-0.3, -0.25) is 4.79 Å². The Kier molecular flexibility index (Phi) is 3.09. The summed E-state index contributed by atoms with van der Waals surface area (Å²) in [5.74, 6) is 0.0959. The van der Waals surface area contributed by atoms with Gasteiger partial charge in [-0.2, -0.15) is 0 Å². The van der Waals surface area contributed by atoms with Crippen LogP contribution in [0.3, 0.4) is 0 Å². The Labute approximate surface area is 72.7 Å². The van der Waals surface area contributed by atoms with Crippen LogP contribution in [0.2, 0.25) is 0 Å². The Morgan fingerprint density at radius 2 is 2.17 bits per heavy atom. The Morgan fingerprint density at radius 3 is 2.67 bits per heavy atom. The zero-order valence-corrected chi connectivity index (χ0v) is 7.62. The van der Waals surface area contributed by atoms with Crippen LogP contribution in [0.4, 0.5) is 0 Å². The molecule has 70 valence electrons. The van der Waals surface area contributed by atoms with Crippen molar-refractivity contribution >= 4 is 5.97 Å². The van der Waals surface area contributed by atoms with E-state index in [0.717, 1.165) is 12.8 Å². The Hall–Kier alpha value is -0.570. The van der Waals surface area contributed by atoms with Gasteiger partial charge in [0.15, 0.2) is 0 Å². The molecule has 0 bridgehead atoms. The average Bonchev–Trinajstić information content (AvgIpc) is 1.96. The molecule has 0 aromatic heterocycles. The molecule has 0 aliphatic heterocycles. The van der Waals surface area contributed by atoms with Gasteiger partial charge in [0.1, 0.15) is 6.10 Å². The molecule has 1 saturated carbocycles. The molecule has 1 aliphatic rings. The molecular formula is C9H16O3. The van der Waals surface area contributed by atoms with Crippen molar-refractivity contribution in [1.82, 2.24) is 0 Å². The number of carbonyl (C=O) groups excluding carboxylic acids is 1. The Balaban J connectivity index is 2.35. The molecule has 0 aromatic rings. The molecule has 3 nitrogen and oxygen atoms in total. The topological polar surface area (TPSA) is 46.5 Å². The van der Waals surface area contributed by atoms with Gasteiger partial charge in [0.25, 0.3) is 0 Å². The second-order valence-corrected chi connectivity index (χ2v) is 3.59. The molecule has 0 amide bonds. The number of esters is 1. The minimum atomic E-state index is -0.303. The first kappa shape index (κ1) is 9.52. The molecule has 2 unspecified atom stereocenters. The van der Waals surface area contributed by atoms with Crippen LogP contribution in [-0.4, -0.2) is 23.3 Å². The summed E-state index contributed by atoms with van der Waals surface area (Å²) in [7, 11) is 0. The molecule has 0 spiro atoms. The van der Waals surface area contributed by atoms with Gasteiger partial charge in [0.2, 0.25) is 0 Å². The van der Waals surface area contributed by atoms with Crippen LogP contribution < -0.4 is 0 Å². The molecule has 3 atom stereocenters. The van der Waals surface area contributed by atoms with Crippen molar-refractivity contribution in [3.8, 4) is 0 Å². The SMILES string of the molecule is CC(=O)O[C@H]1CCC(C)C(O)C1. The van der Waals surface area contributed by atoms with Crippen LogP contribution >= 0.6 is 0 Å². The van der Waals surface area contributed by atoms with E-state index in [1.54, 1.807) is 0 Å². The average molecular weight is 172 g/mol. The fourth-order valence-corrected chi connectivity index (χ4v) is 1.60. The van der Waals surface area contributed by atoms with Crippen molar-refractivity contribution in [2.24, 2.45) is 5.92 Å². The van der Waals surface area contributed by atoms with E-state index in [4.69, 9.17) is 4.74 Å². The first-order valence-corrected chi connectivity index (χ1v) is 4.45. The van der Waals surface area contributed by atoms with Crippen molar-refractivity contribution in [1.29, 1.82) is 0 Å². The van der Waals surface area contributed by atoms with Crippen LogP contribution in [0.25, 0.3) is 0 Å². The Bertz CT molecular complexity index is 167. The first-order chi connectivity index (χ1) is 5.59. The van der Waals surface area contributed by atoms with Crippen LogP contribution in [0.15, 0.2) is 0 Å². The van der Waals surface area contributed by atoms with Gasteiger partial charge in [0, 0.05) is 13.3 Å².